The number of hydrogen-bond acceptors (Lipinski definition) is 3. The van der Waals surface area contributed by atoms with Crippen LogP contribution in [-0.4, -0.2) is 19.4 Å². The third-order valence-corrected chi connectivity index (χ3v) is 4.16. The Morgan fingerprint density at radius 3 is 3.12 bits per heavy atom. The fourth-order valence-corrected chi connectivity index (χ4v) is 3.38. The number of hydrogen-bond donors (Lipinski definition) is 1. The van der Waals surface area contributed by atoms with Crippen LogP contribution in [0.4, 0.5) is 0 Å². The monoisotopic (exact) mass is 237 g/mol. The van der Waals surface area contributed by atoms with E-state index in [1.54, 1.807) is 7.11 Å². The van der Waals surface area contributed by atoms with Crippen molar-refractivity contribution in [1.82, 2.24) is 5.32 Å². The van der Waals surface area contributed by atoms with Crippen LogP contribution in [-0.2, 0) is 0 Å². The van der Waals surface area contributed by atoms with Crippen LogP contribution in [0.15, 0.2) is 23.1 Å². The lowest BCUT2D eigenvalue weighted by Gasteiger charge is -2.19. The molecular formula is C13H19NOS. The minimum absolute atomic E-state index is 0.491. The molecule has 3 heteroatoms. The Labute approximate surface area is 102 Å². The maximum atomic E-state index is 5.45. The molecule has 2 nitrogen and oxygen atoms in total. The van der Waals surface area contributed by atoms with Crippen molar-refractivity contribution in [3.05, 3.63) is 23.8 Å². The molecule has 16 heavy (non-hydrogen) atoms. The molecule has 0 radical (unpaired) electrons. The Bertz CT molecular complexity index is 354. The molecule has 0 aliphatic carbocycles. The van der Waals surface area contributed by atoms with E-state index in [2.05, 4.69) is 30.4 Å². The van der Waals surface area contributed by atoms with E-state index in [1.807, 2.05) is 11.8 Å². The fraction of sp³-hybridized carbons (Fsp3) is 0.538. The highest BCUT2D eigenvalue weighted by Crippen LogP contribution is 2.40. The lowest BCUT2D eigenvalue weighted by Crippen LogP contribution is -2.20. The van der Waals surface area contributed by atoms with Gasteiger partial charge in [0.05, 0.1) is 12.0 Å². The number of rotatable bonds is 3. The number of benzene rings is 1. The number of nitrogens with one attached hydrogen (secondary N) is 1. The van der Waals surface area contributed by atoms with Crippen molar-refractivity contribution in [2.75, 3.05) is 19.4 Å². The number of fused-ring (bicyclic) bond motifs is 1. The molecule has 1 aromatic rings. The van der Waals surface area contributed by atoms with Crippen molar-refractivity contribution < 1.29 is 4.74 Å². The molecule has 0 saturated heterocycles. The van der Waals surface area contributed by atoms with E-state index in [1.165, 1.54) is 29.1 Å². The minimum atomic E-state index is 0.491. The normalized spacial score (nSPS) is 20.0. The Morgan fingerprint density at radius 1 is 1.50 bits per heavy atom. The topological polar surface area (TPSA) is 21.3 Å². The van der Waals surface area contributed by atoms with Crippen molar-refractivity contribution in [3.63, 3.8) is 0 Å². The van der Waals surface area contributed by atoms with Crippen molar-refractivity contribution in [2.45, 2.75) is 30.7 Å². The second-order valence-corrected chi connectivity index (χ2v) is 5.08. The molecule has 0 saturated carbocycles. The first kappa shape index (κ1) is 11.8. The van der Waals surface area contributed by atoms with Gasteiger partial charge >= 0.3 is 0 Å². The molecule has 0 amide bonds. The first-order valence-corrected chi connectivity index (χ1v) is 6.88. The van der Waals surface area contributed by atoms with Crippen LogP contribution in [0.25, 0.3) is 0 Å². The van der Waals surface area contributed by atoms with Crippen molar-refractivity contribution >= 4 is 11.8 Å². The van der Waals surface area contributed by atoms with Gasteiger partial charge in [0.1, 0.15) is 5.75 Å². The van der Waals surface area contributed by atoms with E-state index >= 15 is 0 Å². The fourth-order valence-electron chi connectivity index (χ4n) is 2.20. The number of thioether (sulfide) groups is 1. The van der Waals surface area contributed by atoms with Gasteiger partial charge in [-0.1, -0.05) is 19.1 Å². The zero-order valence-electron chi connectivity index (χ0n) is 9.95. The van der Waals surface area contributed by atoms with Gasteiger partial charge in [-0.15, -0.1) is 11.8 Å². The molecule has 0 fully saturated rings. The molecule has 0 bridgehead atoms. The van der Waals surface area contributed by atoms with Gasteiger partial charge in [0.25, 0.3) is 0 Å². The van der Waals surface area contributed by atoms with Gasteiger partial charge in [-0.3, -0.25) is 0 Å². The third kappa shape index (κ3) is 2.36. The lowest BCUT2D eigenvalue weighted by atomic mass is 10.0. The predicted molar refractivity (Wildman–Crippen MR) is 69.4 cm³/mol. The molecular weight excluding hydrogens is 218 g/mol. The van der Waals surface area contributed by atoms with E-state index < -0.39 is 0 Å². The smallest absolute Gasteiger partial charge is 0.132 e. The zero-order valence-corrected chi connectivity index (χ0v) is 10.8. The van der Waals surface area contributed by atoms with E-state index in [0.29, 0.717) is 6.04 Å². The van der Waals surface area contributed by atoms with Crippen LogP contribution in [0.3, 0.4) is 0 Å². The summed E-state index contributed by atoms with van der Waals surface area (Å²) in [6.07, 6.45) is 2.49. The van der Waals surface area contributed by atoms with Crippen molar-refractivity contribution in [3.8, 4) is 5.75 Å². The first-order valence-electron chi connectivity index (χ1n) is 5.90. The maximum absolute atomic E-state index is 5.45. The van der Waals surface area contributed by atoms with Gasteiger partial charge < -0.3 is 10.1 Å². The van der Waals surface area contributed by atoms with E-state index in [-0.39, 0.29) is 0 Å². The highest BCUT2D eigenvalue weighted by Gasteiger charge is 2.20. The quantitative estimate of drug-likeness (QED) is 0.872. The van der Waals surface area contributed by atoms with E-state index in [0.717, 1.165) is 12.3 Å². The van der Waals surface area contributed by atoms with Gasteiger partial charge in [-0.2, -0.15) is 0 Å². The Hall–Kier alpha value is -0.670. The summed E-state index contributed by atoms with van der Waals surface area (Å²) in [5.74, 6) is 2.21. The Balaban J connectivity index is 2.37. The van der Waals surface area contributed by atoms with Crippen molar-refractivity contribution in [2.24, 2.45) is 0 Å². The van der Waals surface area contributed by atoms with Crippen LogP contribution in [0, 0.1) is 0 Å². The molecule has 2 rings (SSSR count). The van der Waals surface area contributed by atoms with Crippen LogP contribution in [0.2, 0.25) is 0 Å². The van der Waals surface area contributed by atoms with Crippen LogP contribution in [0.1, 0.15) is 31.4 Å². The largest absolute Gasteiger partial charge is 0.496 e. The van der Waals surface area contributed by atoms with Gasteiger partial charge in [-0.25, -0.2) is 0 Å². The summed E-state index contributed by atoms with van der Waals surface area (Å²) in [4.78, 5) is 1.33. The Kier molecular flexibility index (Phi) is 4.13. The van der Waals surface area contributed by atoms with Crippen LogP contribution in [0.5, 0.6) is 5.75 Å². The zero-order chi connectivity index (χ0) is 11.4. The second-order valence-electron chi connectivity index (χ2n) is 3.98. The van der Waals surface area contributed by atoms with Gasteiger partial charge in [0, 0.05) is 6.04 Å². The lowest BCUT2D eigenvalue weighted by molar-refractivity contribution is 0.401. The van der Waals surface area contributed by atoms with Crippen molar-refractivity contribution in [1.29, 1.82) is 0 Å². The van der Waals surface area contributed by atoms with Gasteiger partial charge in [0.2, 0.25) is 0 Å². The summed E-state index contributed by atoms with van der Waals surface area (Å²) in [5, 5.41) is 3.56. The van der Waals surface area contributed by atoms with E-state index in [4.69, 9.17) is 4.74 Å². The third-order valence-electron chi connectivity index (χ3n) is 2.94. The molecule has 88 valence electrons. The van der Waals surface area contributed by atoms with Gasteiger partial charge in [-0.05, 0) is 36.8 Å². The molecule has 1 aliphatic heterocycles. The number of ether oxygens (including phenoxy) is 1. The van der Waals surface area contributed by atoms with E-state index in [9.17, 15) is 0 Å². The summed E-state index contributed by atoms with van der Waals surface area (Å²) in [6, 6.07) is 6.86. The molecule has 0 spiro atoms. The molecule has 1 aliphatic rings. The summed E-state index contributed by atoms with van der Waals surface area (Å²) < 4.78 is 5.45. The molecule has 1 aromatic carbocycles. The maximum Gasteiger partial charge on any atom is 0.132 e. The summed E-state index contributed by atoms with van der Waals surface area (Å²) in [6.45, 7) is 3.18. The Morgan fingerprint density at radius 2 is 2.38 bits per heavy atom. The first-order chi connectivity index (χ1) is 7.86. The summed E-state index contributed by atoms with van der Waals surface area (Å²) in [7, 11) is 1.75. The highest BCUT2D eigenvalue weighted by atomic mass is 32.2. The van der Waals surface area contributed by atoms with Gasteiger partial charge in [0.15, 0.2) is 0 Å². The number of methoxy groups -OCH3 is 1. The molecule has 1 atom stereocenters. The average molecular weight is 237 g/mol. The highest BCUT2D eigenvalue weighted by molar-refractivity contribution is 7.99. The van der Waals surface area contributed by atoms with Crippen LogP contribution >= 0.6 is 11.8 Å². The SMILES string of the molecule is CCNC1CCCSc2c(OC)cccc21. The molecule has 0 aromatic heterocycles. The summed E-state index contributed by atoms with van der Waals surface area (Å²) >= 11 is 1.93. The van der Waals surface area contributed by atoms with Crippen LogP contribution < -0.4 is 10.1 Å². The standard InChI is InChI=1S/C13H19NOS/c1-3-14-11-7-5-9-16-13-10(11)6-4-8-12(13)15-2/h4,6,8,11,14H,3,5,7,9H2,1-2H3. The summed E-state index contributed by atoms with van der Waals surface area (Å²) in [5.41, 5.74) is 1.41. The average Bonchev–Trinajstić information content (AvgIpc) is 2.52. The molecule has 1 unspecified atom stereocenters. The predicted octanol–water partition coefficient (Wildman–Crippen LogP) is 3.23. The minimum Gasteiger partial charge on any atom is -0.496 e. The molecule has 1 heterocycles. The molecule has 1 N–H and O–H groups in total. The second kappa shape index (κ2) is 5.60.